The average molecular weight is 296 g/mol. The van der Waals surface area contributed by atoms with Crippen molar-refractivity contribution in [2.24, 2.45) is 0 Å². The second-order valence-electron chi connectivity index (χ2n) is 4.90. The number of rotatable bonds is 5. The third kappa shape index (κ3) is 3.20. The molecule has 0 saturated heterocycles. The summed E-state index contributed by atoms with van der Waals surface area (Å²) in [6, 6.07) is 5.39. The van der Waals surface area contributed by atoms with Crippen LogP contribution in [0.2, 0.25) is 0 Å². The Kier molecular flexibility index (Phi) is 3.95. The number of hydrogen-bond donors (Lipinski definition) is 1. The molecule has 0 aliphatic rings. The van der Waals surface area contributed by atoms with E-state index in [0.717, 1.165) is 5.56 Å². The Morgan fingerprint density at radius 3 is 2.91 bits per heavy atom. The lowest BCUT2D eigenvalue weighted by molar-refractivity contribution is -0.116. The first-order valence-corrected chi connectivity index (χ1v) is 6.96. The van der Waals surface area contributed by atoms with Gasteiger partial charge in [0.15, 0.2) is 5.82 Å². The van der Waals surface area contributed by atoms with E-state index in [2.05, 4.69) is 20.5 Å². The van der Waals surface area contributed by atoms with Crippen LogP contribution in [0.3, 0.4) is 0 Å². The maximum atomic E-state index is 12.1. The quantitative estimate of drug-likeness (QED) is 0.779. The molecule has 0 aliphatic heterocycles. The fraction of sp³-hybridized carbons (Fsp3) is 0.200. The van der Waals surface area contributed by atoms with E-state index in [1.54, 1.807) is 52.4 Å². The van der Waals surface area contributed by atoms with Crippen molar-refractivity contribution < 1.29 is 4.79 Å². The minimum atomic E-state index is -0.0884. The highest BCUT2D eigenvalue weighted by Gasteiger charge is 2.09. The molecule has 1 N–H and O–H groups in total. The van der Waals surface area contributed by atoms with Gasteiger partial charge in [0.05, 0.1) is 11.9 Å². The number of aromatic nitrogens is 5. The van der Waals surface area contributed by atoms with Crippen LogP contribution < -0.4 is 5.32 Å². The molecule has 3 heterocycles. The number of carbonyl (C=O) groups excluding carboxylic acids is 1. The summed E-state index contributed by atoms with van der Waals surface area (Å²) in [6.07, 6.45) is 9.14. The SMILES string of the molecule is Cc1cnn(CCC(=O)Nc2cccnc2-n2cccn2)c1. The van der Waals surface area contributed by atoms with E-state index in [-0.39, 0.29) is 5.91 Å². The molecule has 0 radical (unpaired) electrons. The number of pyridine rings is 1. The number of amides is 1. The summed E-state index contributed by atoms with van der Waals surface area (Å²) in [6.45, 7) is 2.51. The van der Waals surface area contributed by atoms with Crippen LogP contribution in [0.4, 0.5) is 5.69 Å². The van der Waals surface area contributed by atoms with Gasteiger partial charge in [-0.1, -0.05) is 0 Å². The molecular formula is C15H16N6O. The van der Waals surface area contributed by atoms with Gasteiger partial charge in [0, 0.05) is 37.8 Å². The van der Waals surface area contributed by atoms with Gasteiger partial charge in [-0.3, -0.25) is 9.48 Å². The van der Waals surface area contributed by atoms with Crippen molar-refractivity contribution in [1.29, 1.82) is 0 Å². The van der Waals surface area contributed by atoms with Gasteiger partial charge in [-0.05, 0) is 30.7 Å². The fourth-order valence-electron chi connectivity index (χ4n) is 2.09. The maximum Gasteiger partial charge on any atom is 0.226 e. The topological polar surface area (TPSA) is 77.6 Å². The Bertz CT molecular complexity index is 762. The van der Waals surface area contributed by atoms with Crippen LogP contribution in [0.25, 0.3) is 5.82 Å². The lowest BCUT2D eigenvalue weighted by Gasteiger charge is -2.10. The second kappa shape index (κ2) is 6.21. The number of aryl methyl sites for hydroxylation is 2. The van der Waals surface area contributed by atoms with Crippen molar-refractivity contribution in [2.45, 2.75) is 19.9 Å². The van der Waals surface area contributed by atoms with E-state index in [4.69, 9.17) is 0 Å². The molecular weight excluding hydrogens is 280 g/mol. The van der Waals surface area contributed by atoms with Crippen molar-refractivity contribution in [2.75, 3.05) is 5.32 Å². The predicted molar refractivity (Wildman–Crippen MR) is 81.6 cm³/mol. The minimum absolute atomic E-state index is 0.0884. The zero-order valence-corrected chi connectivity index (χ0v) is 12.2. The Morgan fingerprint density at radius 1 is 1.27 bits per heavy atom. The van der Waals surface area contributed by atoms with Crippen LogP contribution >= 0.6 is 0 Å². The van der Waals surface area contributed by atoms with E-state index in [1.165, 1.54) is 0 Å². The zero-order valence-electron chi connectivity index (χ0n) is 12.2. The molecule has 7 heteroatoms. The molecule has 0 fully saturated rings. The highest BCUT2D eigenvalue weighted by molar-refractivity contribution is 5.92. The molecule has 3 aromatic rings. The van der Waals surface area contributed by atoms with Crippen LogP contribution in [0, 0.1) is 6.92 Å². The molecule has 0 aromatic carbocycles. The number of anilines is 1. The smallest absolute Gasteiger partial charge is 0.226 e. The van der Waals surface area contributed by atoms with Gasteiger partial charge >= 0.3 is 0 Å². The minimum Gasteiger partial charge on any atom is -0.323 e. The highest BCUT2D eigenvalue weighted by atomic mass is 16.1. The molecule has 112 valence electrons. The molecule has 0 spiro atoms. The number of carbonyl (C=O) groups is 1. The van der Waals surface area contributed by atoms with Gasteiger partial charge in [0.1, 0.15) is 0 Å². The third-order valence-corrected chi connectivity index (χ3v) is 3.11. The van der Waals surface area contributed by atoms with Crippen molar-refractivity contribution in [3.63, 3.8) is 0 Å². The van der Waals surface area contributed by atoms with E-state index >= 15 is 0 Å². The molecule has 3 rings (SSSR count). The lowest BCUT2D eigenvalue weighted by Crippen LogP contribution is -2.16. The van der Waals surface area contributed by atoms with Crippen molar-refractivity contribution in [3.05, 3.63) is 54.7 Å². The molecule has 0 bridgehead atoms. The van der Waals surface area contributed by atoms with Crippen molar-refractivity contribution >= 4 is 11.6 Å². The van der Waals surface area contributed by atoms with Gasteiger partial charge in [-0.2, -0.15) is 10.2 Å². The monoisotopic (exact) mass is 296 g/mol. The highest BCUT2D eigenvalue weighted by Crippen LogP contribution is 2.16. The average Bonchev–Trinajstić information content (AvgIpc) is 3.17. The Labute approximate surface area is 127 Å². The van der Waals surface area contributed by atoms with Gasteiger partial charge in [-0.15, -0.1) is 0 Å². The molecule has 3 aromatic heterocycles. The first-order valence-electron chi connectivity index (χ1n) is 6.96. The second-order valence-corrected chi connectivity index (χ2v) is 4.90. The van der Waals surface area contributed by atoms with Gasteiger partial charge in [0.2, 0.25) is 5.91 Å². The summed E-state index contributed by atoms with van der Waals surface area (Å²) in [7, 11) is 0. The first kappa shape index (κ1) is 14.0. The summed E-state index contributed by atoms with van der Waals surface area (Å²) in [5, 5.41) is 11.2. The fourth-order valence-corrected chi connectivity index (χ4v) is 2.09. The summed E-state index contributed by atoms with van der Waals surface area (Å²) in [5.41, 5.74) is 1.71. The molecule has 0 saturated carbocycles. The van der Waals surface area contributed by atoms with Gasteiger partial charge in [-0.25, -0.2) is 9.67 Å². The number of nitrogens with one attached hydrogen (secondary N) is 1. The summed E-state index contributed by atoms with van der Waals surface area (Å²) in [5.74, 6) is 0.505. The van der Waals surface area contributed by atoms with Gasteiger partial charge in [0.25, 0.3) is 0 Å². The Hall–Kier alpha value is -2.96. The Morgan fingerprint density at radius 2 is 2.18 bits per heavy atom. The van der Waals surface area contributed by atoms with Crippen molar-refractivity contribution in [1.82, 2.24) is 24.5 Å². The summed E-state index contributed by atoms with van der Waals surface area (Å²) >= 11 is 0. The molecule has 22 heavy (non-hydrogen) atoms. The predicted octanol–water partition coefficient (Wildman–Crippen LogP) is 1.80. The molecule has 0 atom stereocenters. The Balaban J connectivity index is 1.67. The maximum absolute atomic E-state index is 12.1. The third-order valence-electron chi connectivity index (χ3n) is 3.11. The largest absolute Gasteiger partial charge is 0.323 e. The molecule has 7 nitrogen and oxygen atoms in total. The first-order chi connectivity index (χ1) is 10.7. The normalized spacial score (nSPS) is 10.6. The number of nitrogens with zero attached hydrogens (tertiary/aromatic N) is 5. The van der Waals surface area contributed by atoms with E-state index < -0.39 is 0 Å². The molecule has 0 unspecified atom stereocenters. The van der Waals surface area contributed by atoms with Crippen molar-refractivity contribution in [3.8, 4) is 5.82 Å². The van der Waals surface area contributed by atoms with Crippen LogP contribution in [0.15, 0.2) is 49.2 Å². The summed E-state index contributed by atoms with van der Waals surface area (Å²) in [4.78, 5) is 16.4. The molecule has 1 amide bonds. The van der Waals surface area contributed by atoms with Crippen LogP contribution in [0.1, 0.15) is 12.0 Å². The zero-order chi connectivity index (χ0) is 15.4. The van der Waals surface area contributed by atoms with Crippen LogP contribution in [0.5, 0.6) is 0 Å². The van der Waals surface area contributed by atoms with E-state index in [9.17, 15) is 4.79 Å². The molecule has 0 aliphatic carbocycles. The van der Waals surface area contributed by atoms with Crippen LogP contribution in [-0.4, -0.2) is 30.5 Å². The van der Waals surface area contributed by atoms with E-state index in [1.807, 2.05) is 13.1 Å². The van der Waals surface area contributed by atoms with Gasteiger partial charge < -0.3 is 5.32 Å². The number of hydrogen-bond acceptors (Lipinski definition) is 4. The lowest BCUT2D eigenvalue weighted by atomic mass is 10.3. The summed E-state index contributed by atoms with van der Waals surface area (Å²) < 4.78 is 3.37. The van der Waals surface area contributed by atoms with Crippen LogP contribution in [-0.2, 0) is 11.3 Å². The van der Waals surface area contributed by atoms with E-state index in [0.29, 0.717) is 24.5 Å². The standard InChI is InChI=1S/C15H16N6O/c1-12-10-18-20(11-12)9-5-14(22)19-13-4-2-6-16-15(13)21-8-3-7-17-21/h2-4,6-8,10-11H,5,9H2,1H3,(H,19,22).